The van der Waals surface area contributed by atoms with Crippen LogP contribution in [0.25, 0.3) is 0 Å². The number of ketones is 1. The van der Waals surface area contributed by atoms with E-state index < -0.39 is 5.97 Å². The molecule has 1 rings (SSSR count). The summed E-state index contributed by atoms with van der Waals surface area (Å²) in [6.07, 6.45) is 5.23. The standard InChI is InChI=1S/C12H17NO3/c13-7-4-8-16-12(15)9-11(14)10-5-2-1-3-6-10/h10H,1-6,8-9H2. The first kappa shape index (κ1) is 12.7. The van der Waals surface area contributed by atoms with Crippen LogP contribution in [0, 0.1) is 17.2 Å². The lowest BCUT2D eigenvalue weighted by molar-refractivity contribution is -0.146. The van der Waals surface area contributed by atoms with Crippen LogP contribution in [0.3, 0.4) is 0 Å². The van der Waals surface area contributed by atoms with E-state index in [-0.39, 0.29) is 31.1 Å². The van der Waals surface area contributed by atoms with E-state index in [1.807, 2.05) is 6.07 Å². The number of nitrogens with zero attached hydrogens (tertiary/aromatic N) is 1. The molecule has 1 fully saturated rings. The second-order valence-corrected chi connectivity index (χ2v) is 4.11. The molecule has 0 aliphatic heterocycles. The Balaban J connectivity index is 2.22. The van der Waals surface area contributed by atoms with Gasteiger partial charge in [-0.2, -0.15) is 5.26 Å². The number of hydrogen-bond acceptors (Lipinski definition) is 4. The molecule has 0 amide bonds. The highest BCUT2D eigenvalue weighted by molar-refractivity contribution is 5.96. The summed E-state index contributed by atoms with van der Waals surface area (Å²) in [5, 5.41) is 8.26. The molecule has 0 atom stereocenters. The van der Waals surface area contributed by atoms with E-state index in [4.69, 9.17) is 10.00 Å². The summed E-state index contributed by atoms with van der Waals surface area (Å²) in [4.78, 5) is 22.9. The Kier molecular flexibility index (Phi) is 5.55. The van der Waals surface area contributed by atoms with E-state index in [0.717, 1.165) is 25.7 Å². The van der Waals surface area contributed by atoms with Crippen LogP contribution >= 0.6 is 0 Å². The summed E-state index contributed by atoms with van der Waals surface area (Å²) in [7, 11) is 0. The molecule has 0 aromatic carbocycles. The van der Waals surface area contributed by atoms with Gasteiger partial charge in [0.2, 0.25) is 0 Å². The van der Waals surface area contributed by atoms with Gasteiger partial charge >= 0.3 is 5.97 Å². The molecular formula is C12H17NO3. The molecule has 0 N–H and O–H groups in total. The molecule has 4 heteroatoms. The van der Waals surface area contributed by atoms with Crippen LogP contribution in [-0.2, 0) is 14.3 Å². The van der Waals surface area contributed by atoms with Gasteiger partial charge in [-0.15, -0.1) is 0 Å². The maximum Gasteiger partial charge on any atom is 0.313 e. The lowest BCUT2D eigenvalue weighted by atomic mass is 9.85. The Morgan fingerprint density at radius 1 is 1.25 bits per heavy atom. The van der Waals surface area contributed by atoms with Gasteiger partial charge < -0.3 is 4.74 Å². The third kappa shape index (κ3) is 4.43. The zero-order chi connectivity index (χ0) is 11.8. The van der Waals surface area contributed by atoms with Crippen molar-refractivity contribution in [3.63, 3.8) is 0 Å². The minimum Gasteiger partial charge on any atom is -0.464 e. The van der Waals surface area contributed by atoms with Gasteiger partial charge in [0.05, 0.1) is 12.5 Å². The van der Waals surface area contributed by atoms with E-state index in [2.05, 4.69) is 0 Å². The SMILES string of the molecule is N#CCCOC(=O)CC(=O)C1CCCCC1. The van der Waals surface area contributed by atoms with Gasteiger partial charge in [0.15, 0.2) is 0 Å². The number of nitriles is 1. The summed E-state index contributed by atoms with van der Waals surface area (Å²) >= 11 is 0. The lowest BCUT2D eigenvalue weighted by Crippen LogP contribution is -2.21. The number of carbonyl (C=O) groups excluding carboxylic acids is 2. The molecular weight excluding hydrogens is 206 g/mol. The maximum absolute atomic E-state index is 11.7. The highest BCUT2D eigenvalue weighted by Crippen LogP contribution is 2.25. The van der Waals surface area contributed by atoms with Crippen molar-refractivity contribution in [1.29, 1.82) is 5.26 Å². The average Bonchev–Trinajstić information content (AvgIpc) is 2.30. The first-order chi connectivity index (χ1) is 7.74. The van der Waals surface area contributed by atoms with Gasteiger partial charge in [0.1, 0.15) is 18.8 Å². The Labute approximate surface area is 95.6 Å². The van der Waals surface area contributed by atoms with Crippen molar-refractivity contribution in [1.82, 2.24) is 0 Å². The minimum atomic E-state index is -0.495. The van der Waals surface area contributed by atoms with Crippen molar-refractivity contribution in [2.75, 3.05) is 6.61 Å². The first-order valence-electron chi connectivity index (χ1n) is 5.79. The second kappa shape index (κ2) is 7.00. The van der Waals surface area contributed by atoms with E-state index in [9.17, 15) is 9.59 Å². The van der Waals surface area contributed by atoms with Gasteiger partial charge in [0, 0.05) is 5.92 Å². The molecule has 4 nitrogen and oxygen atoms in total. The molecule has 0 spiro atoms. The van der Waals surface area contributed by atoms with E-state index in [1.54, 1.807) is 0 Å². The molecule has 0 aromatic heterocycles. The number of ether oxygens (including phenoxy) is 1. The second-order valence-electron chi connectivity index (χ2n) is 4.11. The van der Waals surface area contributed by atoms with Gasteiger partial charge in [-0.05, 0) is 12.8 Å². The van der Waals surface area contributed by atoms with Crippen molar-refractivity contribution in [2.24, 2.45) is 5.92 Å². The number of carbonyl (C=O) groups is 2. The van der Waals surface area contributed by atoms with Crippen LogP contribution in [0.2, 0.25) is 0 Å². The molecule has 16 heavy (non-hydrogen) atoms. The number of esters is 1. The summed E-state index contributed by atoms with van der Waals surface area (Å²) in [6.45, 7) is 0.0906. The smallest absolute Gasteiger partial charge is 0.313 e. The largest absolute Gasteiger partial charge is 0.464 e. The summed E-state index contributed by atoms with van der Waals surface area (Å²) in [6, 6.07) is 1.88. The molecule has 1 aliphatic carbocycles. The topological polar surface area (TPSA) is 67.2 Å². The fourth-order valence-corrected chi connectivity index (χ4v) is 1.97. The lowest BCUT2D eigenvalue weighted by Gasteiger charge is -2.19. The fourth-order valence-electron chi connectivity index (χ4n) is 1.97. The first-order valence-corrected chi connectivity index (χ1v) is 5.79. The van der Waals surface area contributed by atoms with Crippen LogP contribution < -0.4 is 0 Å². The fraction of sp³-hybridized carbons (Fsp3) is 0.750. The third-order valence-electron chi connectivity index (χ3n) is 2.86. The minimum absolute atomic E-state index is 0.00153. The summed E-state index contributed by atoms with van der Waals surface area (Å²) < 4.78 is 4.76. The molecule has 0 radical (unpaired) electrons. The molecule has 0 aromatic rings. The highest BCUT2D eigenvalue weighted by Gasteiger charge is 2.23. The Morgan fingerprint density at radius 3 is 2.56 bits per heavy atom. The van der Waals surface area contributed by atoms with Crippen molar-refractivity contribution >= 4 is 11.8 Å². The zero-order valence-corrected chi connectivity index (χ0v) is 9.41. The number of Topliss-reactive ketones (excluding diaryl/α,β-unsaturated/α-hetero) is 1. The normalized spacial score (nSPS) is 16.4. The van der Waals surface area contributed by atoms with E-state index >= 15 is 0 Å². The summed E-state index contributed by atoms with van der Waals surface area (Å²) in [5.74, 6) is -0.440. The van der Waals surface area contributed by atoms with E-state index in [1.165, 1.54) is 6.42 Å². The van der Waals surface area contributed by atoms with Crippen LogP contribution in [0.5, 0.6) is 0 Å². The molecule has 1 saturated carbocycles. The molecule has 0 bridgehead atoms. The van der Waals surface area contributed by atoms with Crippen molar-refractivity contribution in [3.05, 3.63) is 0 Å². The van der Waals surface area contributed by atoms with Crippen LogP contribution in [0.1, 0.15) is 44.9 Å². The maximum atomic E-state index is 11.7. The Morgan fingerprint density at radius 2 is 1.94 bits per heavy atom. The van der Waals surface area contributed by atoms with Crippen molar-refractivity contribution < 1.29 is 14.3 Å². The van der Waals surface area contributed by atoms with E-state index in [0.29, 0.717) is 0 Å². The molecule has 1 aliphatic rings. The third-order valence-corrected chi connectivity index (χ3v) is 2.86. The van der Waals surface area contributed by atoms with Crippen molar-refractivity contribution in [3.8, 4) is 6.07 Å². The monoisotopic (exact) mass is 223 g/mol. The van der Waals surface area contributed by atoms with Crippen LogP contribution in [0.15, 0.2) is 0 Å². The molecule has 88 valence electrons. The van der Waals surface area contributed by atoms with Gasteiger partial charge in [-0.25, -0.2) is 0 Å². The summed E-state index contributed by atoms with van der Waals surface area (Å²) in [5.41, 5.74) is 0. The van der Waals surface area contributed by atoms with Gasteiger partial charge in [-0.1, -0.05) is 19.3 Å². The van der Waals surface area contributed by atoms with Crippen molar-refractivity contribution in [2.45, 2.75) is 44.9 Å². The highest BCUT2D eigenvalue weighted by atomic mass is 16.5. The average molecular weight is 223 g/mol. The van der Waals surface area contributed by atoms with Gasteiger partial charge in [-0.3, -0.25) is 9.59 Å². The Bertz CT molecular complexity index is 287. The molecule has 0 saturated heterocycles. The van der Waals surface area contributed by atoms with Crippen LogP contribution in [-0.4, -0.2) is 18.4 Å². The number of hydrogen-bond donors (Lipinski definition) is 0. The molecule has 0 heterocycles. The predicted octanol–water partition coefficient (Wildman–Crippen LogP) is 1.98. The van der Waals surface area contributed by atoms with Crippen LogP contribution in [0.4, 0.5) is 0 Å². The quantitative estimate of drug-likeness (QED) is 0.406. The van der Waals surface area contributed by atoms with Gasteiger partial charge in [0.25, 0.3) is 0 Å². The Hall–Kier alpha value is -1.37. The molecule has 0 unspecified atom stereocenters. The predicted molar refractivity (Wildman–Crippen MR) is 57.4 cm³/mol. The number of rotatable bonds is 5. The zero-order valence-electron chi connectivity index (χ0n) is 9.41.